The van der Waals surface area contributed by atoms with E-state index in [4.69, 9.17) is 4.52 Å². The number of nitrogens with zero attached hydrogens (tertiary/aromatic N) is 2. The van der Waals surface area contributed by atoms with Gasteiger partial charge in [0.1, 0.15) is 0 Å². The lowest BCUT2D eigenvalue weighted by Crippen LogP contribution is -2.14. The van der Waals surface area contributed by atoms with Crippen molar-refractivity contribution < 1.29 is 4.52 Å². The van der Waals surface area contributed by atoms with Gasteiger partial charge in [-0.25, -0.2) is 0 Å². The quantitative estimate of drug-likeness (QED) is 0.855. The molecule has 17 heavy (non-hydrogen) atoms. The van der Waals surface area contributed by atoms with E-state index in [2.05, 4.69) is 22.4 Å². The molecule has 1 aromatic rings. The van der Waals surface area contributed by atoms with Gasteiger partial charge < -0.3 is 9.84 Å². The van der Waals surface area contributed by atoms with E-state index < -0.39 is 0 Å². The van der Waals surface area contributed by atoms with Crippen LogP contribution in [0, 0.1) is 5.92 Å². The summed E-state index contributed by atoms with van der Waals surface area (Å²) in [5, 5.41) is 7.22. The van der Waals surface area contributed by atoms with Gasteiger partial charge in [-0.2, -0.15) is 4.98 Å². The number of aromatic nitrogens is 2. The maximum absolute atomic E-state index is 5.27. The van der Waals surface area contributed by atoms with Gasteiger partial charge in [0.25, 0.3) is 0 Å². The van der Waals surface area contributed by atoms with E-state index in [0.717, 1.165) is 30.6 Å². The van der Waals surface area contributed by atoms with Crippen molar-refractivity contribution in [1.29, 1.82) is 0 Å². The van der Waals surface area contributed by atoms with Crippen LogP contribution in [0.25, 0.3) is 0 Å². The fraction of sp³-hybridized carbons (Fsp3) is 0.846. The molecule has 0 radical (unpaired) electrons. The molecule has 4 nitrogen and oxygen atoms in total. The summed E-state index contributed by atoms with van der Waals surface area (Å²) in [4.78, 5) is 4.50. The Hall–Kier alpha value is -0.900. The SMILES string of the molecule is CCC1CCC(c2noc(CCNC)n2)CC1. The Morgan fingerprint density at radius 3 is 2.71 bits per heavy atom. The van der Waals surface area contributed by atoms with Crippen LogP contribution in [0.15, 0.2) is 4.52 Å². The molecule has 1 aliphatic rings. The predicted molar refractivity (Wildman–Crippen MR) is 66.9 cm³/mol. The van der Waals surface area contributed by atoms with E-state index in [1.807, 2.05) is 7.05 Å². The van der Waals surface area contributed by atoms with Gasteiger partial charge in [-0.3, -0.25) is 0 Å². The monoisotopic (exact) mass is 237 g/mol. The van der Waals surface area contributed by atoms with E-state index >= 15 is 0 Å². The number of rotatable bonds is 5. The second-order valence-corrected chi connectivity index (χ2v) is 5.03. The summed E-state index contributed by atoms with van der Waals surface area (Å²) in [5.74, 6) is 3.16. The van der Waals surface area contributed by atoms with Crippen LogP contribution >= 0.6 is 0 Å². The molecule has 0 saturated heterocycles. The summed E-state index contributed by atoms with van der Waals surface area (Å²) in [7, 11) is 1.93. The second-order valence-electron chi connectivity index (χ2n) is 5.03. The van der Waals surface area contributed by atoms with E-state index in [1.165, 1.54) is 32.1 Å². The highest BCUT2D eigenvalue weighted by molar-refractivity contribution is 4.97. The summed E-state index contributed by atoms with van der Waals surface area (Å²) in [6, 6.07) is 0. The number of nitrogens with one attached hydrogen (secondary N) is 1. The topological polar surface area (TPSA) is 51.0 Å². The summed E-state index contributed by atoms with van der Waals surface area (Å²) in [5.41, 5.74) is 0. The molecule has 1 aliphatic carbocycles. The van der Waals surface area contributed by atoms with E-state index in [0.29, 0.717) is 5.92 Å². The van der Waals surface area contributed by atoms with Gasteiger partial charge in [0.05, 0.1) is 0 Å². The molecule has 1 heterocycles. The Balaban J connectivity index is 1.87. The van der Waals surface area contributed by atoms with Gasteiger partial charge >= 0.3 is 0 Å². The number of hydrogen-bond donors (Lipinski definition) is 1. The van der Waals surface area contributed by atoms with Crippen LogP contribution in [0.1, 0.15) is 56.7 Å². The van der Waals surface area contributed by atoms with E-state index in [1.54, 1.807) is 0 Å². The third-order valence-corrected chi connectivity index (χ3v) is 3.86. The standard InChI is InChI=1S/C13H23N3O/c1-3-10-4-6-11(7-5-10)13-15-12(17-16-13)8-9-14-2/h10-11,14H,3-9H2,1-2H3. The smallest absolute Gasteiger partial charge is 0.227 e. The van der Waals surface area contributed by atoms with Crippen molar-refractivity contribution in [3.05, 3.63) is 11.7 Å². The number of hydrogen-bond acceptors (Lipinski definition) is 4. The van der Waals surface area contributed by atoms with Crippen LogP contribution in [0.3, 0.4) is 0 Å². The molecule has 0 atom stereocenters. The lowest BCUT2D eigenvalue weighted by molar-refractivity contribution is 0.303. The van der Waals surface area contributed by atoms with E-state index in [9.17, 15) is 0 Å². The summed E-state index contributed by atoms with van der Waals surface area (Å²) in [6.07, 6.45) is 7.23. The first-order valence-corrected chi connectivity index (χ1v) is 6.80. The zero-order chi connectivity index (χ0) is 12.1. The summed E-state index contributed by atoms with van der Waals surface area (Å²) >= 11 is 0. The molecule has 0 unspecified atom stereocenters. The minimum absolute atomic E-state index is 0.532. The van der Waals surface area contributed by atoms with Crippen LogP contribution in [0.5, 0.6) is 0 Å². The van der Waals surface area contributed by atoms with Crippen LogP contribution in [-0.4, -0.2) is 23.7 Å². The summed E-state index contributed by atoms with van der Waals surface area (Å²) in [6.45, 7) is 3.18. The molecule has 1 saturated carbocycles. The molecule has 96 valence electrons. The van der Waals surface area contributed by atoms with Crippen molar-refractivity contribution in [2.24, 2.45) is 5.92 Å². The Kier molecular flexibility index (Phi) is 4.54. The highest BCUT2D eigenvalue weighted by Gasteiger charge is 2.24. The Morgan fingerprint density at radius 1 is 1.29 bits per heavy atom. The molecule has 0 bridgehead atoms. The van der Waals surface area contributed by atoms with Crippen molar-refractivity contribution >= 4 is 0 Å². The van der Waals surface area contributed by atoms with Crippen molar-refractivity contribution in [2.75, 3.05) is 13.6 Å². The van der Waals surface area contributed by atoms with Gasteiger partial charge in [0.2, 0.25) is 5.89 Å². The lowest BCUT2D eigenvalue weighted by Gasteiger charge is -2.25. The first-order valence-electron chi connectivity index (χ1n) is 6.80. The Bertz CT molecular complexity index is 329. The average Bonchev–Trinajstić information content (AvgIpc) is 2.85. The second kappa shape index (κ2) is 6.15. The maximum atomic E-state index is 5.27. The van der Waals surface area contributed by atoms with Gasteiger partial charge in [-0.05, 0) is 38.6 Å². The highest BCUT2D eigenvalue weighted by atomic mass is 16.5. The molecule has 1 aromatic heterocycles. The zero-order valence-corrected chi connectivity index (χ0v) is 10.9. The molecule has 0 aliphatic heterocycles. The molecule has 0 spiro atoms. The number of likely N-dealkylation sites (N-methyl/N-ethyl adjacent to an activating group) is 1. The van der Waals surface area contributed by atoms with Gasteiger partial charge in [0, 0.05) is 18.9 Å². The lowest BCUT2D eigenvalue weighted by atomic mass is 9.80. The van der Waals surface area contributed by atoms with Crippen LogP contribution < -0.4 is 5.32 Å². The third kappa shape index (κ3) is 3.28. The first-order chi connectivity index (χ1) is 8.33. The van der Waals surface area contributed by atoms with Crippen LogP contribution in [0.4, 0.5) is 0 Å². The molecular weight excluding hydrogens is 214 g/mol. The Morgan fingerprint density at radius 2 is 2.06 bits per heavy atom. The molecule has 0 amide bonds. The fourth-order valence-electron chi connectivity index (χ4n) is 2.60. The molecule has 2 rings (SSSR count). The molecule has 1 N–H and O–H groups in total. The fourth-order valence-corrected chi connectivity index (χ4v) is 2.60. The minimum Gasteiger partial charge on any atom is -0.339 e. The molecular formula is C13H23N3O. The Labute approximate surface area is 103 Å². The van der Waals surface area contributed by atoms with Crippen molar-refractivity contribution in [3.8, 4) is 0 Å². The molecule has 1 fully saturated rings. The minimum atomic E-state index is 0.532. The normalized spacial score (nSPS) is 25.1. The van der Waals surface area contributed by atoms with Crippen molar-refractivity contribution in [3.63, 3.8) is 0 Å². The first kappa shape index (κ1) is 12.6. The van der Waals surface area contributed by atoms with Gasteiger partial charge in [0.15, 0.2) is 5.82 Å². The van der Waals surface area contributed by atoms with Crippen LogP contribution in [-0.2, 0) is 6.42 Å². The van der Waals surface area contributed by atoms with E-state index in [-0.39, 0.29) is 0 Å². The van der Waals surface area contributed by atoms with Crippen molar-refractivity contribution in [1.82, 2.24) is 15.5 Å². The highest BCUT2D eigenvalue weighted by Crippen LogP contribution is 2.35. The largest absolute Gasteiger partial charge is 0.339 e. The maximum Gasteiger partial charge on any atom is 0.227 e. The third-order valence-electron chi connectivity index (χ3n) is 3.86. The summed E-state index contributed by atoms with van der Waals surface area (Å²) < 4.78 is 5.27. The van der Waals surface area contributed by atoms with Crippen molar-refractivity contribution in [2.45, 2.75) is 51.4 Å². The van der Waals surface area contributed by atoms with Gasteiger partial charge in [-0.15, -0.1) is 0 Å². The molecule has 4 heteroatoms. The average molecular weight is 237 g/mol. The molecule has 0 aromatic carbocycles. The van der Waals surface area contributed by atoms with Gasteiger partial charge in [-0.1, -0.05) is 18.5 Å². The predicted octanol–water partition coefficient (Wildman–Crippen LogP) is 2.52. The zero-order valence-electron chi connectivity index (χ0n) is 10.9. The van der Waals surface area contributed by atoms with Crippen LogP contribution in [0.2, 0.25) is 0 Å².